The van der Waals surface area contributed by atoms with Gasteiger partial charge in [-0.05, 0) is 17.2 Å². The Labute approximate surface area is 230 Å². The van der Waals surface area contributed by atoms with Crippen LogP contribution in [0.2, 0.25) is 0 Å². The van der Waals surface area contributed by atoms with Gasteiger partial charge in [0.15, 0.2) is 0 Å². The minimum atomic E-state index is -3.11. The van der Waals surface area contributed by atoms with Crippen LogP contribution in [0.3, 0.4) is 0 Å². The molecular weight excluding hydrogens is 518 g/mol. The fourth-order valence-corrected chi connectivity index (χ4v) is 4.39. The molecule has 1 saturated heterocycles. The van der Waals surface area contributed by atoms with E-state index in [2.05, 4.69) is 30.0 Å². The predicted molar refractivity (Wildman–Crippen MR) is 149 cm³/mol. The maximum atomic E-state index is 13.4. The van der Waals surface area contributed by atoms with Crippen LogP contribution in [0.1, 0.15) is 11.1 Å². The minimum Gasteiger partial charge on any atom is -0.492 e. The molecule has 0 atom stereocenters. The van der Waals surface area contributed by atoms with Gasteiger partial charge in [0.2, 0.25) is 0 Å². The summed E-state index contributed by atoms with van der Waals surface area (Å²) in [5, 5.41) is 3.34. The van der Waals surface area contributed by atoms with E-state index in [-0.39, 0.29) is 13.2 Å². The number of anilines is 1. The number of pyridine rings is 1. The Morgan fingerprint density at radius 1 is 1.20 bits per heavy atom. The largest absolute Gasteiger partial charge is 0.492 e. The number of fused-ring (bicyclic) bond motifs is 1. The number of imidazole rings is 1. The van der Waals surface area contributed by atoms with Gasteiger partial charge in [-0.3, -0.25) is 14.3 Å². The quantitative estimate of drug-likeness (QED) is 0.288. The van der Waals surface area contributed by atoms with Crippen molar-refractivity contribution in [3.63, 3.8) is 0 Å². The molecule has 1 fully saturated rings. The zero-order valence-electron chi connectivity index (χ0n) is 22.0. The van der Waals surface area contributed by atoms with Gasteiger partial charge in [-0.15, -0.1) is 0 Å². The Kier molecular flexibility index (Phi) is 8.27. The van der Waals surface area contributed by atoms with Crippen LogP contribution >= 0.6 is 0 Å². The summed E-state index contributed by atoms with van der Waals surface area (Å²) in [5.74, 6) is 1.29. The van der Waals surface area contributed by atoms with E-state index in [9.17, 15) is 8.78 Å². The van der Waals surface area contributed by atoms with Crippen molar-refractivity contribution in [1.82, 2.24) is 24.3 Å². The van der Waals surface area contributed by atoms with E-state index in [0.29, 0.717) is 42.5 Å². The van der Waals surface area contributed by atoms with Crippen molar-refractivity contribution < 1.29 is 18.3 Å². The fraction of sp³-hybridized carbons (Fsp3) is 0.286. The van der Waals surface area contributed by atoms with Gasteiger partial charge in [-0.25, -0.2) is 15.0 Å². The van der Waals surface area contributed by atoms with Gasteiger partial charge in [0.1, 0.15) is 30.1 Å². The van der Waals surface area contributed by atoms with Gasteiger partial charge in [-0.2, -0.15) is 8.78 Å². The highest BCUT2D eigenvalue weighted by molar-refractivity contribution is 6.09. The van der Waals surface area contributed by atoms with Crippen molar-refractivity contribution in [3.05, 3.63) is 78.5 Å². The van der Waals surface area contributed by atoms with Crippen molar-refractivity contribution in [2.75, 3.05) is 45.2 Å². The molecule has 1 aliphatic rings. The van der Waals surface area contributed by atoms with Crippen LogP contribution in [-0.2, 0) is 11.3 Å². The number of allylic oxidation sites excluding steroid dienone is 1. The highest BCUT2D eigenvalue weighted by atomic mass is 19.3. The molecule has 0 unspecified atom stereocenters. The van der Waals surface area contributed by atoms with Crippen molar-refractivity contribution in [1.29, 1.82) is 0 Å². The SMILES string of the molecule is CN=C/C(=C\N)c1ccc(CNc2cc(-c3cnc4cc(OCCN5CCOC(F)(F)C5)ccn34)ncn2)cc1. The number of nitrogens with one attached hydrogen (secondary N) is 1. The van der Waals surface area contributed by atoms with Crippen molar-refractivity contribution in [3.8, 4) is 17.1 Å². The van der Waals surface area contributed by atoms with Gasteiger partial charge >= 0.3 is 6.11 Å². The molecule has 0 amide bonds. The molecule has 5 rings (SSSR count). The second-order valence-electron chi connectivity index (χ2n) is 9.19. The lowest BCUT2D eigenvalue weighted by atomic mass is 10.1. The zero-order chi connectivity index (χ0) is 28.0. The van der Waals surface area contributed by atoms with Crippen LogP contribution in [0.4, 0.5) is 14.6 Å². The monoisotopic (exact) mass is 548 g/mol. The number of nitrogens with zero attached hydrogens (tertiary/aromatic N) is 6. The van der Waals surface area contributed by atoms with E-state index < -0.39 is 12.7 Å². The summed E-state index contributed by atoms with van der Waals surface area (Å²) >= 11 is 0. The molecule has 0 bridgehead atoms. The summed E-state index contributed by atoms with van der Waals surface area (Å²) < 4.78 is 39.0. The van der Waals surface area contributed by atoms with Crippen molar-refractivity contribution in [2.24, 2.45) is 10.7 Å². The van der Waals surface area contributed by atoms with Gasteiger partial charge < -0.3 is 20.5 Å². The number of nitrogens with two attached hydrogens (primary N) is 1. The molecule has 208 valence electrons. The number of rotatable bonds is 10. The number of aliphatic imine (C=N–C) groups is 1. The molecule has 0 radical (unpaired) electrons. The van der Waals surface area contributed by atoms with Crippen LogP contribution < -0.4 is 15.8 Å². The Morgan fingerprint density at radius 2 is 2.05 bits per heavy atom. The normalized spacial score (nSPS) is 16.0. The van der Waals surface area contributed by atoms with Gasteiger partial charge in [0.25, 0.3) is 0 Å². The lowest BCUT2D eigenvalue weighted by Gasteiger charge is -2.31. The first-order valence-corrected chi connectivity index (χ1v) is 12.8. The van der Waals surface area contributed by atoms with E-state index in [1.54, 1.807) is 30.4 Å². The van der Waals surface area contributed by atoms with E-state index in [1.165, 1.54) is 12.5 Å². The third-order valence-corrected chi connectivity index (χ3v) is 6.43. The standard InChI is InChI=1S/C28H30F2N8O2/c1-32-16-22(14-31)21-4-2-20(3-5-21)15-33-26-13-24(35-19-36-26)25-17-34-27-12-23(6-7-38(25)27)39-10-8-37-9-11-40-28(29,30)18-37/h2-7,12-14,16-17,19H,8-11,15,18,31H2,1H3,(H,33,35,36)/b22-14+,32-16?. The minimum absolute atomic E-state index is 0.00617. The van der Waals surface area contributed by atoms with Crippen molar-refractivity contribution >= 4 is 23.3 Å². The van der Waals surface area contributed by atoms with E-state index in [1.807, 2.05) is 47.0 Å². The molecule has 12 heteroatoms. The first-order chi connectivity index (χ1) is 19.4. The number of ether oxygens (including phenoxy) is 2. The summed E-state index contributed by atoms with van der Waals surface area (Å²) in [6, 6.07) is 13.5. The van der Waals surface area contributed by atoms with Crippen LogP contribution in [-0.4, -0.2) is 76.5 Å². The summed E-state index contributed by atoms with van der Waals surface area (Å²) in [4.78, 5) is 18.9. The number of aromatic nitrogens is 4. The number of halogens is 2. The smallest absolute Gasteiger partial charge is 0.368 e. The number of hydrogen-bond acceptors (Lipinski definition) is 9. The first kappa shape index (κ1) is 27.2. The maximum Gasteiger partial charge on any atom is 0.368 e. The van der Waals surface area contributed by atoms with Gasteiger partial charge in [0.05, 0.1) is 30.7 Å². The Balaban J connectivity index is 1.20. The molecule has 0 aliphatic carbocycles. The Hall–Kier alpha value is -4.42. The number of benzene rings is 1. The third-order valence-electron chi connectivity index (χ3n) is 6.43. The average molecular weight is 549 g/mol. The number of alkyl halides is 2. The molecule has 1 aliphatic heterocycles. The molecule has 3 N–H and O–H groups in total. The molecule has 1 aromatic carbocycles. The van der Waals surface area contributed by atoms with Crippen molar-refractivity contribution in [2.45, 2.75) is 12.7 Å². The molecule has 40 heavy (non-hydrogen) atoms. The second-order valence-corrected chi connectivity index (χ2v) is 9.19. The Bertz CT molecular complexity index is 1500. The highest BCUT2D eigenvalue weighted by Crippen LogP contribution is 2.24. The molecule has 3 aromatic heterocycles. The van der Waals surface area contributed by atoms with Crippen LogP contribution in [0.5, 0.6) is 5.75 Å². The van der Waals surface area contributed by atoms with Gasteiger partial charge in [-0.1, -0.05) is 24.3 Å². The molecule has 0 spiro atoms. The number of morpholine rings is 1. The first-order valence-electron chi connectivity index (χ1n) is 12.8. The maximum absolute atomic E-state index is 13.4. The lowest BCUT2D eigenvalue weighted by molar-refractivity contribution is -0.270. The Morgan fingerprint density at radius 3 is 2.83 bits per heavy atom. The predicted octanol–water partition coefficient (Wildman–Crippen LogP) is 3.71. The topological polar surface area (TPSA) is 115 Å². The zero-order valence-corrected chi connectivity index (χ0v) is 22.0. The molecule has 0 saturated carbocycles. The van der Waals surface area contributed by atoms with E-state index >= 15 is 0 Å². The molecule has 10 nitrogen and oxygen atoms in total. The van der Waals surface area contributed by atoms with Crippen LogP contribution in [0.15, 0.2) is 72.4 Å². The third kappa shape index (κ3) is 6.58. The average Bonchev–Trinajstić information content (AvgIpc) is 3.38. The van der Waals surface area contributed by atoms with E-state index in [0.717, 1.165) is 22.4 Å². The summed E-state index contributed by atoms with van der Waals surface area (Å²) in [6.07, 6.45) is 5.25. The summed E-state index contributed by atoms with van der Waals surface area (Å²) in [6.45, 7) is 1.27. The van der Waals surface area contributed by atoms with Crippen LogP contribution in [0, 0.1) is 0 Å². The second kappa shape index (κ2) is 12.2. The fourth-order valence-electron chi connectivity index (χ4n) is 4.39. The lowest BCUT2D eigenvalue weighted by Crippen LogP contribution is -2.47. The highest BCUT2D eigenvalue weighted by Gasteiger charge is 2.36. The van der Waals surface area contributed by atoms with E-state index in [4.69, 9.17) is 10.5 Å². The summed E-state index contributed by atoms with van der Waals surface area (Å²) in [5.41, 5.74) is 10.8. The van der Waals surface area contributed by atoms with Gasteiger partial charge in [0, 0.05) is 63.0 Å². The van der Waals surface area contributed by atoms with Crippen LogP contribution in [0.25, 0.3) is 22.6 Å². The molecule has 4 aromatic rings. The summed E-state index contributed by atoms with van der Waals surface area (Å²) in [7, 11) is 1.71. The molecular formula is C28H30F2N8O2. The number of hydrogen-bond donors (Lipinski definition) is 2. The molecule has 4 heterocycles.